The average Bonchev–Trinajstić information content (AvgIpc) is 2.54. The molecule has 1 rings (SSSR count). The molecular weight excluding hydrogens is 168 g/mol. The van der Waals surface area contributed by atoms with Crippen LogP contribution in [-0.4, -0.2) is 22.4 Å². The van der Waals surface area contributed by atoms with Crippen LogP contribution in [0.15, 0.2) is 12.3 Å². The van der Waals surface area contributed by atoms with Crippen molar-refractivity contribution in [1.29, 1.82) is 0 Å². The predicted octanol–water partition coefficient (Wildman–Crippen LogP) is 1.47. The van der Waals surface area contributed by atoms with E-state index in [0.29, 0.717) is 12.3 Å². The molecule has 13 heavy (non-hydrogen) atoms. The van der Waals surface area contributed by atoms with E-state index < -0.39 is 0 Å². The van der Waals surface area contributed by atoms with Gasteiger partial charge < -0.3 is 4.74 Å². The highest BCUT2D eigenvalue weighted by Crippen LogP contribution is 1.99. The molecule has 1 aromatic heterocycles. The quantitative estimate of drug-likeness (QED) is 0.662. The Labute approximate surface area is 77.5 Å². The van der Waals surface area contributed by atoms with Gasteiger partial charge in [0.25, 0.3) is 0 Å². The molecular formula is C9H14N2O2. The van der Waals surface area contributed by atoms with E-state index in [-0.39, 0.29) is 5.97 Å². The molecule has 0 aliphatic rings. The number of aryl methyl sites for hydroxylation is 1. The maximum Gasteiger partial charge on any atom is 0.358 e. The molecule has 0 spiro atoms. The lowest BCUT2D eigenvalue weighted by Gasteiger charge is -1.97. The normalized spacial score (nSPS) is 10.0. The van der Waals surface area contributed by atoms with Crippen LogP contribution in [0.4, 0.5) is 0 Å². The van der Waals surface area contributed by atoms with Gasteiger partial charge in [-0.15, -0.1) is 0 Å². The number of carbonyl (C=O) groups is 1. The van der Waals surface area contributed by atoms with E-state index in [0.717, 1.165) is 13.0 Å². The smallest absolute Gasteiger partial charge is 0.358 e. The molecule has 72 valence electrons. The molecule has 0 amide bonds. The first-order chi connectivity index (χ1) is 6.27. The van der Waals surface area contributed by atoms with Crippen LogP contribution in [0, 0.1) is 0 Å². The van der Waals surface area contributed by atoms with Gasteiger partial charge in [0.2, 0.25) is 0 Å². The second kappa shape index (κ2) is 4.64. The van der Waals surface area contributed by atoms with E-state index in [4.69, 9.17) is 4.74 Å². The highest BCUT2D eigenvalue weighted by Gasteiger charge is 2.09. The Kier molecular flexibility index (Phi) is 3.49. The fraction of sp³-hybridized carbons (Fsp3) is 0.556. The molecule has 4 heteroatoms. The highest BCUT2D eigenvalue weighted by atomic mass is 16.5. The summed E-state index contributed by atoms with van der Waals surface area (Å²) in [6, 6.07) is 1.67. The molecule has 0 atom stereocenters. The van der Waals surface area contributed by atoms with Gasteiger partial charge in [-0.3, -0.25) is 4.68 Å². The molecule has 0 saturated heterocycles. The Morgan fingerprint density at radius 3 is 3.00 bits per heavy atom. The van der Waals surface area contributed by atoms with E-state index in [1.807, 2.05) is 0 Å². The third kappa shape index (κ3) is 2.57. The molecule has 0 radical (unpaired) electrons. The van der Waals surface area contributed by atoms with Gasteiger partial charge >= 0.3 is 5.97 Å². The van der Waals surface area contributed by atoms with Crippen LogP contribution >= 0.6 is 0 Å². The van der Waals surface area contributed by atoms with Gasteiger partial charge in [0, 0.05) is 12.7 Å². The van der Waals surface area contributed by atoms with Crippen LogP contribution in [0.5, 0.6) is 0 Å². The summed E-state index contributed by atoms with van der Waals surface area (Å²) in [6.45, 7) is 5.06. The number of esters is 1. The van der Waals surface area contributed by atoms with Crippen molar-refractivity contribution in [3.63, 3.8) is 0 Å². The van der Waals surface area contributed by atoms with Crippen molar-refractivity contribution in [2.45, 2.75) is 26.8 Å². The summed E-state index contributed by atoms with van der Waals surface area (Å²) in [5, 5.41) is 4.06. The van der Waals surface area contributed by atoms with Crippen LogP contribution in [0.2, 0.25) is 0 Å². The molecule has 0 unspecified atom stereocenters. The van der Waals surface area contributed by atoms with Crippen molar-refractivity contribution in [2.75, 3.05) is 6.61 Å². The summed E-state index contributed by atoms with van der Waals surface area (Å²) in [5.41, 5.74) is 0.385. The van der Waals surface area contributed by atoms with Gasteiger partial charge in [-0.25, -0.2) is 4.79 Å². The Morgan fingerprint density at radius 1 is 1.62 bits per heavy atom. The number of rotatable bonds is 4. The SMILES string of the molecule is CCCn1ccc(C(=O)OCC)n1. The van der Waals surface area contributed by atoms with Gasteiger partial charge in [-0.1, -0.05) is 6.92 Å². The average molecular weight is 182 g/mol. The van der Waals surface area contributed by atoms with Crippen molar-refractivity contribution >= 4 is 5.97 Å². The summed E-state index contributed by atoms with van der Waals surface area (Å²) >= 11 is 0. The van der Waals surface area contributed by atoms with Crippen molar-refractivity contribution in [2.24, 2.45) is 0 Å². The van der Waals surface area contributed by atoms with E-state index in [2.05, 4.69) is 12.0 Å². The van der Waals surface area contributed by atoms with Crippen LogP contribution in [0.25, 0.3) is 0 Å². The highest BCUT2D eigenvalue weighted by molar-refractivity contribution is 5.86. The van der Waals surface area contributed by atoms with Gasteiger partial charge in [0.15, 0.2) is 5.69 Å². The van der Waals surface area contributed by atoms with E-state index in [9.17, 15) is 4.79 Å². The number of nitrogens with zero attached hydrogens (tertiary/aromatic N) is 2. The zero-order valence-corrected chi connectivity index (χ0v) is 7.99. The summed E-state index contributed by atoms with van der Waals surface area (Å²) < 4.78 is 6.55. The fourth-order valence-corrected chi connectivity index (χ4v) is 1.03. The Balaban J connectivity index is 2.62. The van der Waals surface area contributed by atoms with E-state index in [1.165, 1.54) is 0 Å². The van der Waals surface area contributed by atoms with Gasteiger partial charge in [-0.05, 0) is 19.4 Å². The first kappa shape index (κ1) is 9.77. The third-order valence-corrected chi connectivity index (χ3v) is 1.58. The zero-order chi connectivity index (χ0) is 9.68. The lowest BCUT2D eigenvalue weighted by atomic mass is 10.4. The summed E-state index contributed by atoms with van der Waals surface area (Å²) in [4.78, 5) is 11.2. The summed E-state index contributed by atoms with van der Waals surface area (Å²) in [6.07, 6.45) is 2.79. The van der Waals surface area contributed by atoms with Crippen LogP contribution < -0.4 is 0 Å². The van der Waals surface area contributed by atoms with Crippen LogP contribution in [-0.2, 0) is 11.3 Å². The second-order valence-electron chi connectivity index (χ2n) is 2.68. The first-order valence-corrected chi connectivity index (χ1v) is 4.48. The first-order valence-electron chi connectivity index (χ1n) is 4.48. The van der Waals surface area contributed by atoms with E-state index in [1.54, 1.807) is 23.9 Å². The minimum atomic E-state index is -0.350. The predicted molar refractivity (Wildman–Crippen MR) is 48.5 cm³/mol. The van der Waals surface area contributed by atoms with Gasteiger partial charge in [0.1, 0.15) is 0 Å². The molecule has 0 aromatic carbocycles. The van der Waals surface area contributed by atoms with Gasteiger partial charge in [-0.2, -0.15) is 5.10 Å². The van der Waals surface area contributed by atoms with Gasteiger partial charge in [0.05, 0.1) is 6.61 Å². The number of carbonyl (C=O) groups excluding carboxylic acids is 1. The summed E-state index contributed by atoms with van der Waals surface area (Å²) in [7, 11) is 0. The molecule has 0 aliphatic carbocycles. The van der Waals surface area contributed by atoms with Crippen LogP contribution in [0.3, 0.4) is 0 Å². The molecule has 0 aliphatic heterocycles. The molecule has 0 bridgehead atoms. The molecule has 1 aromatic rings. The Bertz CT molecular complexity index is 281. The number of aromatic nitrogens is 2. The lowest BCUT2D eigenvalue weighted by Crippen LogP contribution is -2.07. The molecule has 0 saturated carbocycles. The molecule has 0 fully saturated rings. The monoisotopic (exact) mass is 182 g/mol. The minimum Gasteiger partial charge on any atom is -0.461 e. The van der Waals surface area contributed by atoms with Crippen molar-refractivity contribution in [3.8, 4) is 0 Å². The number of ether oxygens (including phenoxy) is 1. The van der Waals surface area contributed by atoms with Crippen molar-refractivity contribution in [1.82, 2.24) is 9.78 Å². The molecule has 1 heterocycles. The maximum atomic E-state index is 11.2. The molecule has 0 N–H and O–H groups in total. The number of hydrogen-bond acceptors (Lipinski definition) is 3. The Hall–Kier alpha value is -1.32. The van der Waals surface area contributed by atoms with Crippen molar-refractivity contribution in [3.05, 3.63) is 18.0 Å². The van der Waals surface area contributed by atoms with E-state index >= 15 is 0 Å². The zero-order valence-electron chi connectivity index (χ0n) is 7.99. The maximum absolute atomic E-state index is 11.2. The fourth-order valence-electron chi connectivity index (χ4n) is 1.03. The largest absolute Gasteiger partial charge is 0.461 e. The third-order valence-electron chi connectivity index (χ3n) is 1.58. The topological polar surface area (TPSA) is 44.1 Å². The minimum absolute atomic E-state index is 0.350. The number of hydrogen-bond donors (Lipinski definition) is 0. The standard InChI is InChI=1S/C9H14N2O2/c1-3-6-11-7-5-8(10-11)9(12)13-4-2/h5,7H,3-4,6H2,1-2H3. The van der Waals surface area contributed by atoms with Crippen LogP contribution in [0.1, 0.15) is 30.8 Å². The summed E-state index contributed by atoms with van der Waals surface area (Å²) in [5.74, 6) is -0.350. The molecule has 4 nitrogen and oxygen atoms in total. The lowest BCUT2D eigenvalue weighted by molar-refractivity contribution is 0.0518. The van der Waals surface area contributed by atoms with Crippen molar-refractivity contribution < 1.29 is 9.53 Å². The Morgan fingerprint density at radius 2 is 2.38 bits per heavy atom. The second-order valence-corrected chi connectivity index (χ2v) is 2.68.